The van der Waals surface area contributed by atoms with Crippen LogP contribution in [-0.4, -0.2) is 0 Å². The molecule has 0 spiro atoms. The van der Waals surface area contributed by atoms with Crippen molar-refractivity contribution in [3.63, 3.8) is 0 Å². The first-order valence-corrected chi connectivity index (χ1v) is 6.18. The van der Waals surface area contributed by atoms with E-state index >= 15 is 0 Å². The van der Waals surface area contributed by atoms with Crippen LogP contribution in [0.1, 0.15) is 38.3 Å². The molecule has 0 heterocycles. The van der Waals surface area contributed by atoms with E-state index in [0.717, 1.165) is 12.3 Å². The second kappa shape index (κ2) is 5.71. The third-order valence-electron chi connectivity index (χ3n) is 2.33. The average molecular weight is 303 g/mol. The fourth-order valence-corrected chi connectivity index (χ4v) is 1.98. The molecular formula is C12H18IN. The lowest BCUT2D eigenvalue weighted by molar-refractivity contribution is 0.507. The summed E-state index contributed by atoms with van der Waals surface area (Å²) in [7, 11) is 0. The minimum absolute atomic E-state index is 0.201. The predicted molar refractivity (Wildman–Crippen MR) is 70.2 cm³/mol. The van der Waals surface area contributed by atoms with Crippen LogP contribution >= 0.6 is 22.6 Å². The Kier molecular flexibility index (Phi) is 4.89. The van der Waals surface area contributed by atoms with Gasteiger partial charge >= 0.3 is 0 Å². The molecule has 2 heteroatoms. The van der Waals surface area contributed by atoms with Crippen LogP contribution in [0, 0.1) is 9.49 Å². The van der Waals surface area contributed by atoms with E-state index in [1.54, 1.807) is 0 Å². The van der Waals surface area contributed by atoms with Gasteiger partial charge in [0.05, 0.1) is 0 Å². The zero-order chi connectivity index (χ0) is 10.6. The lowest BCUT2D eigenvalue weighted by Crippen LogP contribution is -2.11. The third-order valence-corrected chi connectivity index (χ3v) is 3.00. The molecule has 1 aromatic carbocycles. The van der Waals surface area contributed by atoms with Crippen molar-refractivity contribution in [2.24, 2.45) is 11.7 Å². The summed E-state index contributed by atoms with van der Waals surface area (Å²) in [4.78, 5) is 0. The van der Waals surface area contributed by atoms with Crippen molar-refractivity contribution in [3.05, 3.63) is 33.4 Å². The second-order valence-corrected chi connectivity index (χ2v) is 5.38. The Bertz CT molecular complexity index is 283. The van der Waals surface area contributed by atoms with Gasteiger partial charge < -0.3 is 5.73 Å². The number of nitrogens with two attached hydrogens (primary N) is 1. The smallest absolute Gasteiger partial charge is 0.0295 e. The van der Waals surface area contributed by atoms with Crippen LogP contribution < -0.4 is 5.73 Å². The van der Waals surface area contributed by atoms with E-state index in [0.29, 0.717) is 0 Å². The van der Waals surface area contributed by atoms with Crippen LogP contribution in [0.3, 0.4) is 0 Å². The molecule has 0 saturated carbocycles. The highest BCUT2D eigenvalue weighted by Crippen LogP contribution is 2.20. The number of halogens is 1. The van der Waals surface area contributed by atoms with Gasteiger partial charge in [-0.25, -0.2) is 0 Å². The zero-order valence-corrected chi connectivity index (χ0v) is 11.0. The second-order valence-electron chi connectivity index (χ2n) is 4.13. The van der Waals surface area contributed by atoms with Gasteiger partial charge in [0.1, 0.15) is 0 Å². The van der Waals surface area contributed by atoms with Gasteiger partial charge in [0.15, 0.2) is 0 Å². The van der Waals surface area contributed by atoms with E-state index in [1.807, 2.05) is 0 Å². The third kappa shape index (κ3) is 3.96. The fraction of sp³-hybridized carbons (Fsp3) is 0.500. The largest absolute Gasteiger partial charge is 0.324 e. The fourth-order valence-electron chi connectivity index (χ4n) is 1.42. The van der Waals surface area contributed by atoms with Crippen LogP contribution in [0.25, 0.3) is 0 Å². The van der Waals surface area contributed by atoms with Crippen LogP contribution in [0.5, 0.6) is 0 Å². The number of hydrogen-bond donors (Lipinski definition) is 1. The molecule has 14 heavy (non-hydrogen) atoms. The van der Waals surface area contributed by atoms with Gasteiger partial charge in [0.25, 0.3) is 0 Å². The Morgan fingerprint density at radius 1 is 1.29 bits per heavy atom. The van der Waals surface area contributed by atoms with Gasteiger partial charge in [0.2, 0.25) is 0 Å². The van der Waals surface area contributed by atoms with Crippen LogP contribution in [0.2, 0.25) is 0 Å². The Morgan fingerprint density at radius 3 is 2.57 bits per heavy atom. The summed E-state index contributed by atoms with van der Waals surface area (Å²) < 4.78 is 1.26. The van der Waals surface area contributed by atoms with Crippen LogP contribution in [0.4, 0.5) is 0 Å². The predicted octanol–water partition coefficient (Wildman–Crippen LogP) is 3.73. The summed E-state index contributed by atoms with van der Waals surface area (Å²) in [6.07, 6.45) is 2.28. The quantitative estimate of drug-likeness (QED) is 0.843. The molecule has 0 aliphatic heterocycles. The maximum atomic E-state index is 6.11. The molecule has 0 aliphatic rings. The van der Waals surface area contributed by atoms with E-state index in [2.05, 4.69) is 60.7 Å². The molecule has 0 aromatic heterocycles. The molecule has 1 aromatic rings. The van der Waals surface area contributed by atoms with Crippen molar-refractivity contribution in [2.45, 2.75) is 32.7 Å². The summed E-state index contributed by atoms with van der Waals surface area (Å²) in [6, 6.07) is 8.66. The molecular weight excluding hydrogens is 285 g/mol. The average Bonchev–Trinajstić information content (AvgIpc) is 2.14. The van der Waals surface area contributed by atoms with Gasteiger partial charge in [-0.05, 0) is 59.0 Å². The van der Waals surface area contributed by atoms with E-state index in [4.69, 9.17) is 5.73 Å². The topological polar surface area (TPSA) is 26.0 Å². The highest BCUT2D eigenvalue weighted by atomic mass is 127. The molecule has 0 amide bonds. The SMILES string of the molecule is CC(C)CC[C@@H](N)c1cccc(I)c1. The van der Waals surface area contributed by atoms with Gasteiger partial charge in [0, 0.05) is 9.61 Å². The minimum Gasteiger partial charge on any atom is -0.324 e. The number of hydrogen-bond acceptors (Lipinski definition) is 1. The Morgan fingerprint density at radius 2 is 2.00 bits per heavy atom. The molecule has 0 saturated heterocycles. The molecule has 2 N–H and O–H groups in total. The minimum atomic E-state index is 0.201. The molecule has 0 bridgehead atoms. The van der Waals surface area contributed by atoms with E-state index < -0.39 is 0 Å². The van der Waals surface area contributed by atoms with E-state index in [-0.39, 0.29) is 6.04 Å². The maximum absolute atomic E-state index is 6.11. The first-order chi connectivity index (χ1) is 6.59. The first-order valence-electron chi connectivity index (χ1n) is 5.10. The molecule has 1 nitrogen and oxygen atoms in total. The van der Waals surface area contributed by atoms with Gasteiger partial charge in [-0.3, -0.25) is 0 Å². The molecule has 0 fully saturated rings. The normalized spacial score (nSPS) is 13.2. The van der Waals surface area contributed by atoms with Gasteiger partial charge in [-0.1, -0.05) is 26.0 Å². The van der Waals surface area contributed by atoms with Crippen molar-refractivity contribution >= 4 is 22.6 Å². The number of rotatable bonds is 4. The Hall–Kier alpha value is -0.0900. The molecule has 1 atom stereocenters. The van der Waals surface area contributed by atoms with Crippen molar-refractivity contribution in [1.82, 2.24) is 0 Å². The summed E-state index contributed by atoms with van der Waals surface area (Å²) >= 11 is 2.33. The molecule has 78 valence electrons. The molecule has 0 unspecified atom stereocenters. The lowest BCUT2D eigenvalue weighted by Gasteiger charge is -2.13. The van der Waals surface area contributed by atoms with Crippen molar-refractivity contribution in [1.29, 1.82) is 0 Å². The number of benzene rings is 1. The summed E-state index contributed by atoms with van der Waals surface area (Å²) in [6.45, 7) is 4.48. The summed E-state index contributed by atoms with van der Waals surface area (Å²) in [5.74, 6) is 0.740. The van der Waals surface area contributed by atoms with Crippen LogP contribution in [0.15, 0.2) is 24.3 Å². The molecule has 1 rings (SSSR count). The zero-order valence-electron chi connectivity index (χ0n) is 8.83. The Labute approximate surface area is 100 Å². The van der Waals surface area contributed by atoms with Crippen LogP contribution in [-0.2, 0) is 0 Å². The van der Waals surface area contributed by atoms with Crippen molar-refractivity contribution in [3.8, 4) is 0 Å². The Balaban J connectivity index is 2.56. The van der Waals surface area contributed by atoms with Crippen molar-refractivity contribution in [2.75, 3.05) is 0 Å². The monoisotopic (exact) mass is 303 g/mol. The molecule has 0 aliphatic carbocycles. The highest BCUT2D eigenvalue weighted by molar-refractivity contribution is 14.1. The van der Waals surface area contributed by atoms with E-state index in [9.17, 15) is 0 Å². The van der Waals surface area contributed by atoms with E-state index in [1.165, 1.54) is 15.6 Å². The van der Waals surface area contributed by atoms with Gasteiger partial charge in [-0.2, -0.15) is 0 Å². The lowest BCUT2D eigenvalue weighted by atomic mass is 9.98. The van der Waals surface area contributed by atoms with Gasteiger partial charge in [-0.15, -0.1) is 0 Å². The standard InChI is InChI=1S/C12H18IN/c1-9(2)6-7-12(14)10-4-3-5-11(13)8-10/h3-5,8-9,12H,6-7,14H2,1-2H3/t12-/m1/s1. The summed E-state index contributed by atoms with van der Waals surface area (Å²) in [5, 5.41) is 0. The van der Waals surface area contributed by atoms with Crippen molar-refractivity contribution < 1.29 is 0 Å². The summed E-state index contributed by atoms with van der Waals surface area (Å²) in [5.41, 5.74) is 7.37. The molecule has 0 radical (unpaired) electrons. The highest BCUT2D eigenvalue weighted by Gasteiger charge is 2.06. The first kappa shape index (κ1) is 12.0. The maximum Gasteiger partial charge on any atom is 0.0295 e.